The van der Waals surface area contributed by atoms with Crippen molar-refractivity contribution in [1.29, 1.82) is 5.26 Å². The summed E-state index contributed by atoms with van der Waals surface area (Å²) in [4.78, 5) is 16.9. The van der Waals surface area contributed by atoms with Crippen molar-refractivity contribution in [2.24, 2.45) is 0 Å². The summed E-state index contributed by atoms with van der Waals surface area (Å²) < 4.78 is 0. The number of aromatic nitrogens is 1. The Balaban J connectivity index is 2.14. The van der Waals surface area contributed by atoms with Crippen molar-refractivity contribution in [2.45, 2.75) is 6.42 Å². The highest BCUT2D eigenvalue weighted by Gasteiger charge is 2.11. The summed E-state index contributed by atoms with van der Waals surface area (Å²) in [5.41, 5.74) is 2.39. The Morgan fingerprint density at radius 2 is 2.05 bits per heavy atom. The number of likely N-dealkylation sites (N-methyl/N-ethyl adjacent to an activating group) is 1. The van der Waals surface area contributed by atoms with Crippen LogP contribution in [0.1, 0.15) is 21.5 Å². The van der Waals surface area contributed by atoms with Crippen LogP contribution in [0, 0.1) is 11.3 Å². The van der Waals surface area contributed by atoms with Gasteiger partial charge in [0.1, 0.15) is 6.07 Å². The van der Waals surface area contributed by atoms with Crippen molar-refractivity contribution in [3.63, 3.8) is 0 Å². The molecule has 0 atom stereocenters. The van der Waals surface area contributed by atoms with Crippen LogP contribution < -0.4 is 4.90 Å². The summed E-state index contributed by atoms with van der Waals surface area (Å²) in [6.45, 7) is 0.727. The number of hydrogen-bond donors (Lipinski definition) is 1. The molecule has 1 aromatic heterocycles. The van der Waals surface area contributed by atoms with Gasteiger partial charge in [-0.15, -0.1) is 0 Å². The molecule has 5 heteroatoms. The number of benzene rings is 1. The predicted octanol–water partition coefficient (Wildman–Crippen LogP) is 2.33. The number of carbonyl (C=O) groups is 1. The van der Waals surface area contributed by atoms with Crippen LogP contribution in [0.25, 0.3) is 0 Å². The Bertz CT molecular complexity index is 678. The fraction of sp³-hybridized carbons (Fsp3) is 0.188. The number of pyridine rings is 1. The molecule has 1 heterocycles. The maximum Gasteiger partial charge on any atom is 0.335 e. The fourth-order valence-corrected chi connectivity index (χ4v) is 2.06. The SMILES string of the molecule is CN(CCc1ccncc1)c1ccc(C(=O)O)cc1C#N. The summed E-state index contributed by atoms with van der Waals surface area (Å²) in [6.07, 6.45) is 4.32. The lowest BCUT2D eigenvalue weighted by atomic mass is 10.1. The summed E-state index contributed by atoms with van der Waals surface area (Å²) in [6, 6.07) is 10.6. The second kappa shape index (κ2) is 6.53. The molecule has 106 valence electrons. The van der Waals surface area contributed by atoms with E-state index >= 15 is 0 Å². The van der Waals surface area contributed by atoms with Crippen LogP contribution in [0.2, 0.25) is 0 Å². The zero-order valence-electron chi connectivity index (χ0n) is 11.7. The van der Waals surface area contributed by atoms with Crippen molar-refractivity contribution in [3.05, 3.63) is 59.4 Å². The third-order valence-electron chi connectivity index (χ3n) is 3.26. The van der Waals surface area contributed by atoms with Crippen molar-refractivity contribution >= 4 is 11.7 Å². The quantitative estimate of drug-likeness (QED) is 0.910. The minimum Gasteiger partial charge on any atom is -0.478 e. The van der Waals surface area contributed by atoms with Crippen molar-refractivity contribution in [3.8, 4) is 6.07 Å². The maximum absolute atomic E-state index is 10.9. The molecule has 1 N–H and O–H groups in total. The smallest absolute Gasteiger partial charge is 0.335 e. The summed E-state index contributed by atoms with van der Waals surface area (Å²) in [5.74, 6) is -1.03. The third kappa shape index (κ3) is 3.57. The van der Waals surface area contributed by atoms with Crippen LogP contribution in [0.3, 0.4) is 0 Å². The molecule has 21 heavy (non-hydrogen) atoms. The van der Waals surface area contributed by atoms with Gasteiger partial charge in [0, 0.05) is 26.0 Å². The van der Waals surface area contributed by atoms with E-state index in [4.69, 9.17) is 5.11 Å². The van der Waals surface area contributed by atoms with Gasteiger partial charge in [0.15, 0.2) is 0 Å². The van der Waals surface area contributed by atoms with Gasteiger partial charge in [0.05, 0.1) is 16.8 Å². The number of nitrogens with zero attached hydrogens (tertiary/aromatic N) is 3. The lowest BCUT2D eigenvalue weighted by Crippen LogP contribution is -2.21. The topological polar surface area (TPSA) is 77.2 Å². The van der Waals surface area contributed by atoms with E-state index < -0.39 is 5.97 Å². The molecular formula is C16H15N3O2. The van der Waals surface area contributed by atoms with Crippen LogP contribution >= 0.6 is 0 Å². The number of rotatable bonds is 5. The molecule has 0 aliphatic carbocycles. The van der Waals surface area contributed by atoms with Crippen molar-refractivity contribution in [1.82, 2.24) is 4.98 Å². The van der Waals surface area contributed by atoms with Crippen molar-refractivity contribution < 1.29 is 9.90 Å². The summed E-state index contributed by atoms with van der Waals surface area (Å²) in [5, 5.41) is 18.1. The number of carboxylic acids is 1. The molecule has 0 saturated heterocycles. The van der Waals surface area contributed by atoms with Crippen LogP contribution in [0.15, 0.2) is 42.7 Å². The van der Waals surface area contributed by atoms with E-state index in [2.05, 4.69) is 11.1 Å². The maximum atomic E-state index is 10.9. The molecule has 2 rings (SSSR count). The summed E-state index contributed by atoms with van der Waals surface area (Å²) in [7, 11) is 1.89. The minimum atomic E-state index is -1.03. The Hall–Kier alpha value is -2.87. The molecule has 0 spiro atoms. The largest absolute Gasteiger partial charge is 0.478 e. The molecule has 0 bridgehead atoms. The first kappa shape index (κ1) is 14.5. The average molecular weight is 281 g/mol. The first-order chi connectivity index (χ1) is 10.1. The number of anilines is 1. The lowest BCUT2D eigenvalue weighted by Gasteiger charge is -2.20. The highest BCUT2D eigenvalue weighted by molar-refractivity contribution is 5.89. The molecule has 5 nitrogen and oxygen atoms in total. The first-order valence-corrected chi connectivity index (χ1v) is 6.49. The van der Waals surface area contributed by atoms with E-state index in [0.717, 1.165) is 24.2 Å². The van der Waals surface area contributed by atoms with E-state index in [1.54, 1.807) is 18.5 Å². The summed E-state index contributed by atoms with van der Waals surface area (Å²) >= 11 is 0. The molecule has 0 aliphatic rings. The number of carboxylic acid groups (broad SMARTS) is 1. The van der Waals surface area contributed by atoms with Crippen LogP contribution in [0.5, 0.6) is 0 Å². The minimum absolute atomic E-state index is 0.123. The monoisotopic (exact) mass is 281 g/mol. The van der Waals surface area contributed by atoms with E-state index in [9.17, 15) is 10.1 Å². The predicted molar refractivity (Wildman–Crippen MR) is 79.3 cm³/mol. The van der Waals surface area contributed by atoms with Gasteiger partial charge in [0.25, 0.3) is 0 Å². The molecule has 0 radical (unpaired) electrons. The van der Waals surface area contributed by atoms with Gasteiger partial charge in [-0.25, -0.2) is 4.79 Å². The third-order valence-corrected chi connectivity index (χ3v) is 3.26. The zero-order valence-corrected chi connectivity index (χ0v) is 11.7. The second-order valence-electron chi connectivity index (χ2n) is 4.68. The Kier molecular flexibility index (Phi) is 4.52. The lowest BCUT2D eigenvalue weighted by molar-refractivity contribution is 0.0697. The average Bonchev–Trinajstić information content (AvgIpc) is 2.52. The van der Waals surface area contributed by atoms with Gasteiger partial charge < -0.3 is 10.0 Å². The highest BCUT2D eigenvalue weighted by Crippen LogP contribution is 2.20. The Morgan fingerprint density at radius 3 is 2.67 bits per heavy atom. The fourth-order valence-electron chi connectivity index (χ4n) is 2.06. The number of hydrogen-bond acceptors (Lipinski definition) is 4. The molecule has 0 amide bonds. The molecule has 2 aromatic rings. The Morgan fingerprint density at radius 1 is 1.33 bits per heavy atom. The van der Waals surface area contributed by atoms with E-state index in [1.165, 1.54) is 12.1 Å². The second-order valence-corrected chi connectivity index (χ2v) is 4.68. The molecule has 0 fully saturated rings. The van der Waals surface area contributed by atoms with Gasteiger partial charge in [-0.05, 0) is 42.3 Å². The van der Waals surface area contributed by atoms with Crippen molar-refractivity contribution in [2.75, 3.05) is 18.5 Å². The first-order valence-electron chi connectivity index (χ1n) is 6.49. The molecule has 0 aliphatic heterocycles. The standard InChI is InChI=1S/C16H15N3O2/c1-19(9-6-12-4-7-18-8-5-12)15-3-2-13(16(20)21)10-14(15)11-17/h2-5,7-8,10H,6,9H2,1H3,(H,20,21). The molecule has 1 aromatic carbocycles. The van der Waals surface area contributed by atoms with Gasteiger partial charge in [-0.2, -0.15) is 5.26 Å². The number of nitriles is 1. The van der Waals surface area contributed by atoms with Gasteiger partial charge in [0.2, 0.25) is 0 Å². The van der Waals surface area contributed by atoms with Gasteiger partial charge in [-0.3, -0.25) is 4.98 Å². The zero-order chi connectivity index (χ0) is 15.2. The van der Waals surface area contributed by atoms with Gasteiger partial charge >= 0.3 is 5.97 Å². The van der Waals surface area contributed by atoms with E-state index in [0.29, 0.717) is 5.56 Å². The van der Waals surface area contributed by atoms with E-state index in [1.807, 2.05) is 24.1 Å². The van der Waals surface area contributed by atoms with Gasteiger partial charge in [-0.1, -0.05) is 0 Å². The molecule has 0 saturated carbocycles. The Labute approximate surface area is 123 Å². The van der Waals surface area contributed by atoms with Crippen LogP contribution in [0.4, 0.5) is 5.69 Å². The molecule has 0 unspecified atom stereocenters. The highest BCUT2D eigenvalue weighted by atomic mass is 16.4. The number of aromatic carboxylic acids is 1. The molecular weight excluding hydrogens is 266 g/mol. The normalized spacial score (nSPS) is 9.90. The van der Waals surface area contributed by atoms with E-state index in [-0.39, 0.29) is 5.56 Å². The van der Waals surface area contributed by atoms with Crippen LogP contribution in [-0.4, -0.2) is 29.7 Å². The van der Waals surface area contributed by atoms with Crippen LogP contribution in [-0.2, 0) is 6.42 Å².